The third kappa shape index (κ3) is 8.57. The Morgan fingerprint density at radius 1 is 1.12 bits per heavy atom. The van der Waals surface area contributed by atoms with Gasteiger partial charge in [0.25, 0.3) is 0 Å². The number of carboxylic acids is 1. The number of likely N-dealkylation sites (tertiary alicyclic amines) is 1. The molecule has 42 heavy (non-hydrogen) atoms. The number of nitrogens with one attached hydrogen (secondary N) is 2. The second-order valence-corrected chi connectivity index (χ2v) is 12.3. The Balaban J connectivity index is 1.97. The zero-order chi connectivity index (χ0) is 31.2. The van der Waals surface area contributed by atoms with Crippen LogP contribution in [-0.2, 0) is 27.2 Å². The average Bonchev–Trinajstić information content (AvgIpc) is 3.47. The van der Waals surface area contributed by atoms with Gasteiger partial charge in [-0.3, -0.25) is 9.80 Å². The summed E-state index contributed by atoms with van der Waals surface area (Å²) in [4.78, 5) is 46.0. The molecule has 1 aliphatic heterocycles. The Bertz CT molecular complexity index is 1250. The van der Waals surface area contributed by atoms with Gasteiger partial charge in [-0.05, 0) is 87.0 Å². The predicted octanol–water partition coefficient (Wildman–Crippen LogP) is 4.40. The fourth-order valence-corrected chi connectivity index (χ4v) is 4.69. The Kier molecular flexibility index (Phi) is 10.4. The summed E-state index contributed by atoms with van der Waals surface area (Å²) in [6, 6.07) is 3.28. The lowest BCUT2D eigenvalue weighted by atomic mass is 10.1. The van der Waals surface area contributed by atoms with Crippen molar-refractivity contribution in [1.29, 1.82) is 0 Å². The fourth-order valence-electron chi connectivity index (χ4n) is 4.69. The molecule has 0 saturated carbocycles. The van der Waals surface area contributed by atoms with Crippen molar-refractivity contribution in [3.05, 3.63) is 30.0 Å². The maximum Gasteiger partial charge on any atom is 0.416 e. The summed E-state index contributed by atoms with van der Waals surface area (Å²) in [5, 5.41) is 21.0. The van der Waals surface area contributed by atoms with Gasteiger partial charge < -0.3 is 25.2 Å². The average molecular weight is 588 g/mol. The summed E-state index contributed by atoms with van der Waals surface area (Å²) in [5.41, 5.74) is -0.602. The number of hydrogen-bond acceptors (Lipinski definition) is 9. The number of aromatic nitrogens is 3. The lowest BCUT2D eigenvalue weighted by molar-refractivity contribution is -0.142. The van der Waals surface area contributed by atoms with Crippen LogP contribution in [0.3, 0.4) is 0 Å². The molecule has 0 aliphatic carbocycles. The standard InChI is InChI=1S/C29H45N7O6/c1-9-35-24(19(17-31-35)12-11-15-30-8)33-22-13-10-14-23(32-22)36(27(40)42-29(5,6)7)20-16-21(25(37)38)34(18-20)26(39)41-28(2,3)4/h10,13-14,17,20-21,30H,9,11-12,15-16,18H2,1-8H3,(H,32,33)(H,37,38)/t20-,21-/m0/s1. The molecule has 2 aromatic heterocycles. The van der Waals surface area contributed by atoms with Crippen LogP contribution in [0.1, 0.15) is 66.9 Å². The molecular weight excluding hydrogens is 542 g/mol. The first kappa shape index (κ1) is 32.6. The molecule has 0 aromatic carbocycles. The van der Waals surface area contributed by atoms with Crippen LogP contribution in [0.2, 0.25) is 0 Å². The van der Waals surface area contributed by atoms with Crippen molar-refractivity contribution in [3.63, 3.8) is 0 Å². The number of carboxylic acid groups (broad SMARTS) is 1. The number of pyridine rings is 1. The van der Waals surface area contributed by atoms with E-state index >= 15 is 0 Å². The summed E-state index contributed by atoms with van der Waals surface area (Å²) in [6.45, 7) is 13.8. The number of nitrogens with zero attached hydrogens (tertiary/aromatic N) is 5. The highest BCUT2D eigenvalue weighted by molar-refractivity contribution is 5.89. The van der Waals surface area contributed by atoms with Gasteiger partial charge in [0.2, 0.25) is 0 Å². The quantitative estimate of drug-likeness (QED) is 0.341. The van der Waals surface area contributed by atoms with E-state index < -0.39 is 41.4 Å². The third-order valence-electron chi connectivity index (χ3n) is 6.46. The maximum atomic E-state index is 13.6. The van der Waals surface area contributed by atoms with Crippen LogP contribution in [0.5, 0.6) is 0 Å². The molecule has 0 unspecified atom stereocenters. The molecule has 13 heteroatoms. The van der Waals surface area contributed by atoms with Crippen molar-refractivity contribution in [1.82, 2.24) is 25.0 Å². The number of amides is 2. The Labute approximate surface area is 247 Å². The largest absolute Gasteiger partial charge is 0.480 e. The van der Waals surface area contributed by atoms with Gasteiger partial charge in [0.05, 0.1) is 12.2 Å². The number of aliphatic carboxylic acids is 1. The van der Waals surface area contributed by atoms with Crippen molar-refractivity contribution in [2.45, 2.75) is 97.6 Å². The van der Waals surface area contributed by atoms with Crippen LogP contribution in [0.15, 0.2) is 24.4 Å². The highest BCUT2D eigenvalue weighted by atomic mass is 16.6. The molecule has 2 atom stereocenters. The van der Waals surface area contributed by atoms with Gasteiger partial charge in [0.15, 0.2) is 0 Å². The van der Waals surface area contributed by atoms with E-state index in [9.17, 15) is 19.5 Å². The summed E-state index contributed by atoms with van der Waals surface area (Å²) in [5.74, 6) is 0.358. The molecule has 3 rings (SSSR count). The molecule has 0 bridgehead atoms. The molecule has 1 aliphatic rings. The molecule has 232 valence electrons. The summed E-state index contributed by atoms with van der Waals surface area (Å²) < 4.78 is 13.0. The van der Waals surface area contributed by atoms with Gasteiger partial charge in [-0.15, -0.1) is 0 Å². The van der Waals surface area contributed by atoms with Crippen molar-refractivity contribution in [2.24, 2.45) is 0 Å². The number of aryl methyl sites for hydroxylation is 2. The Morgan fingerprint density at radius 3 is 2.40 bits per heavy atom. The topological polar surface area (TPSA) is 151 Å². The van der Waals surface area contributed by atoms with Crippen molar-refractivity contribution >= 4 is 35.6 Å². The van der Waals surface area contributed by atoms with Crippen LogP contribution in [-0.4, -0.2) is 86.3 Å². The van der Waals surface area contributed by atoms with Gasteiger partial charge in [0.1, 0.15) is 34.7 Å². The second kappa shape index (κ2) is 13.4. The predicted molar refractivity (Wildman–Crippen MR) is 159 cm³/mol. The minimum atomic E-state index is -1.19. The summed E-state index contributed by atoms with van der Waals surface area (Å²) >= 11 is 0. The van der Waals surface area contributed by atoms with Crippen LogP contribution < -0.4 is 15.5 Å². The first-order chi connectivity index (χ1) is 19.6. The van der Waals surface area contributed by atoms with Gasteiger partial charge in [-0.1, -0.05) is 6.07 Å². The minimum absolute atomic E-state index is 0.0224. The lowest BCUT2D eigenvalue weighted by Crippen LogP contribution is -2.46. The molecule has 1 saturated heterocycles. The second-order valence-electron chi connectivity index (χ2n) is 12.3. The molecular formula is C29H45N7O6. The van der Waals surface area contributed by atoms with Gasteiger partial charge in [-0.2, -0.15) is 5.10 Å². The van der Waals surface area contributed by atoms with Crippen molar-refractivity contribution in [3.8, 4) is 0 Å². The Hall–Kier alpha value is -3.87. The van der Waals surface area contributed by atoms with E-state index in [-0.39, 0.29) is 18.8 Å². The first-order valence-electron chi connectivity index (χ1n) is 14.3. The van der Waals surface area contributed by atoms with Crippen LogP contribution in [0, 0.1) is 0 Å². The molecule has 2 aromatic rings. The highest BCUT2D eigenvalue weighted by Crippen LogP contribution is 2.31. The van der Waals surface area contributed by atoms with Gasteiger partial charge >= 0.3 is 18.2 Å². The molecule has 13 nitrogen and oxygen atoms in total. The Morgan fingerprint density at radius 2 is 1.81 bits per heavy atom. The zero-order valence-corrected chi connectivity index (χ0v) is 25.9. The van der Waals surface area contributed by atoms with Gasteiger partial charge in [-0.25, -0.2) is 24.0 Å². The number of anilines is 3. The van der Waals surface area contributed by atoms with E-state index in [1.807, 2.05) is 24.9 Å². The van der Waals surface area contributed by atoms with Gasteiger partial charge in [0, 0.05) is 25.1 Å². The first-order valence-corrected chi connectivity index (χ1v) is 14.3. The minimum Gasteiger partial charge on any atom is -0.480 e. The molecule has 0 spiro atoms. The molecule has 1 fully saturated rings. The number of hydrogen-bond donors (Lipinski definition) is 3. The van der Waals surface area contributed by atoms with E-state index in [0.29, 0.717) is 12.4 Å². The lowest BCUT2D eigenvalue weighted by Gasteiger charge is -2.31. The van der Waals surface area contributed by atoms with E-state index in [1.54, 1.807) is 59.7 Å². The fraction of sp³-hybridized carbons (Fsp3) is 0.621. The summed E-state index contributed by atoms with van der Waals surface area (Å²) in [7, 11) is 1.91. The van der Waals surface area contributed by atoms with E-state index in [4.69, 9.17) is 14.5 Å². The molecule has 3 N–H and O–H groups in total. The summed E-state index contributed by atoms with van der Waals surface area (Å²) in [6.07, 6.45) is 2.11. The monoisotopic (exact) mass is 587 g/mol. The molecule has 0 radical (unpaired) electrons. The zero-order valence-electron chi connectivity index (χ0n) is 25.9. The SMILES string of the molecule is CCn1ncc(CCCNC)c1Nc1cccc(N(C(=O)OC(C)(C)C)[C@H]2C[C@@H](C(=O)O)N(C(=O)OC(C)(C)C)C2)n1. The molecule has 2 amide bonds. The van der Waals surface area contributed by atoms with E-state index in [2.05, 4.69) is 15.7 Å². The van der Waals surface area contributed by atoms with Crippen LogP contribution in [0.25, 0.3) is 0 Å². The van der Waals surface area contributed by atoms with Crippen LogP contribution in [0.4, 0.5) is 27.0 Å². The smallest absolute Gasteiger partial charge is 0.416 e. The number of carbonyl (C=O) groups excluding carboxylic acids is 2. The number of carbonyl (C=O) groups is 3. The normalized spacial score (nSPS) is 17.2. The number of rotatable bonds is 10. The number of ether oxygens (including phenoxy) is 2. The van der Waals surface area contributed by atoms with Crippen molar-refractivity contribution in [2.75, 3.05) is 30.4 Å². The molecule has 3 heterocycles. The van der Waals surface area contributed by atoms with E-state index in [1.165, 1.54) is 4.90 Å². The van der Waals surface area contributed by atoms with Crippen molar-refractivity contribution < 1.29 is 29.0 Å². The highest BCUT2D eigenvalue weighted by Gasteiger charge is 2.46. The maximum absolute atomic E-state index is 13.6. The van der Waals surface area contributed by atoms with Crippen LogP contribution >= 0.6 is 0 Å². The van der Waals surface area contributed by atoms with E-state index in [0.717, 1.165) is 35.7 Å². The third-order valence-corrected chi connectivity index (χ3v) is 6.46.